The molecule has 0 aromatic heterocycles. The Morgan fingerprint density at radius 2 is 1.21 bits per heavy atom. The van der Waals surface area contributed by atoms with Gasteiger partial charge in [0.05, 0.1) is 26.4 Å². The highest BCUT2D eigenvalue weighted by Gasteiger charge is 2.26. The summed E-state index contributed by atoms with van der Waals surface area (Å²) in [7, 11) is 3.15. The van der Waals surface area contributed by atoms with Gasteiger partial charge in [0.2, 0.25) is 0 Å². The zero-order valence-electron chi connectivity index (χ0n) is 21.6. The van der Waals surface area contributed by atoms with Crippen LogP contribution in [-0.2, 0) is 28.5 Å². The van der Waals surface area contributed by atoms with Gasteiger partial charge in [0, 0.05) is 14.2 Å². The number of benzene rings is 3. The molecule has 3 aromatic carbocycles. The summed E-state index contributed by atoms with van der Waals surface area (Å²) in [5.41, 5.74) is 1.84. The van der Waals surface area contributed by atoms with Crippen molar-refractivity contribution in [3.63, 3.8) is 0 Å². The lowest BCUT2D eigenvalue weighted by Crippen LogP contribution is -2.20. The maximum atomic E-state index is 13.1. The molecule has 0 spiro atoms. The molecule has 204 valence electrons. The topological polar surface area (TPSA) is 102 Å². The van der Waals surface area contributed by atoms with E-state index in [9.17, 15) is 9.90 Å². The highest BCUT2D eigenvalue weighted by molar-refractivity contribution is 5.77. The third-order valence-corrected chi connectivity index (χ3v) is 5.40. The number of aliphatic hydroxyl groups is 1. The summed E-state index contributed by atoms with van der Waals surface area (Å²) in [5, 5.41) is 10.9. The lowest BCUT2D eigenvalue weighted by molar-refractivity contribution is -0.158. The first-order valence-corrected chi connectivity index (χ1v) is 12.2. The Hall–Kier alpha value is -3.47. The molecular formula is C29H34O9. The highest BCUT2D eigenvalue weighted by atomic mass is 16.7. The number of hydrogen-bond acceptors (Lipinski definition) is 9. The minimum Gasteiger partial charge on any atom is -0.464 e. The lowest BCUT2D eigenvalue weighted by atomic mass is 10.0. The Morgan fingerprint density at radius 1 is 0.684 bits per heavy atom. The third kappa shape index (κ3) is 9.13. The van der Waals surface area contributed by atoms with Crippen LogP contribution in [0.3, 0.4) is 0 Å². The van der Waals surface area contributed by atoms with Crippen LogP contribution in [0.25, 0.3) is 0 Å². The van der Waals surface area contributed by atoms with Crippen LogP contribution in [0, 0.1) is 0 Å². The fourth-order valence-electron chi connectivity index (χ4n) is 3.44. The fraction of sp³-hybridized carbons (Fsp3) is 0.345. The number of methoxy groups -OCH3 is 2. The van der Waals surface area contributed by atoms with E-state index in [4.69, 9.17) is 33.2 Å². The van der Waals surface area contributed by atoms with Gasteiger partial charge in [0.25, 0.3) is 0 Å². The summed E-state index contributed by atoms with van der Waals surface area (Å²) in [5.74, 6) is -0.181. The molecule has 1 N–H and O–H groups in total. The number of ether oxygens (including phenoxy) is 7. The van der Waals surface area contributed by atoms with Crippen molar-refractivity contribution in [1.82, 2.24) is 0 Å². The molecular weight excluding hydrogens is 492 g/mol. The molecule has 1 atom stereocenters. The van der Waals surface area contributed by atoms with Crippen molar-refractivity contribution in [2.45, 2.75) is 12.2 Å². The van der Waals surface area contributed by atoms with Gasteiger partial charge < -0.3 is 38.3 Å². The van der Waals surface area contributed by atoms with Gasteiger partial charge in [-0.25, -0.2) is 4.79 Å². The molecule has 9 nitrogen and oxygen atoms in total. The van der Waals surface area contributed by atoms with Gasteiger partial charge in [-0.1, -0.05) is 66.7 Å². The molecule has 1 unspecified atom stereocenters. The molecule has 9 heteroatoms. The van der Waals surface area contributed by atoms with Gasteiger partial charge in [-0.2, -0.15) is 0 Å². The Kier molecular flexibility index (Phi) is 12.5. The van der Waals surface area contributed by atoms with Crippen molar-refractivity contribution in [2.75, 3.05) is 54.2 Å². The van der Waals surface area contributed by atoms with Gasteiger partial charge in [0.1, 0.15) is 0 Å². The van der Waals surface area contributed by atoms with Gasteiger partial charge in [0.15, 0.2) is 37.3 Å². The average molecular weight is 527 g/mol. The van der Waals surface area contributed by atoms with Crippen molar-refractivity contribution in [3.8, 4) is 11.5 Å². The summed E-state index contributed by atoms with van der Waals surface area (Å²) >= 11 is 0. The number of esters is 1. The molecule has 0 heterocycles. The second kappa shape index (κ2) is 16.4. The smallest absolute Gasteiger partial charge is 0.340 e. The van der Waals surface area contributed by atoms with Crippen LogP contribution in [0.2, 0.25) is 0 Å². The second-order valence-corrected chi connectivity index (χ2v) is 8.07. The normalized spacial score (nSPS) is 11.8. The first-order valence-electron chi connectivity index (χ1n) is 12.2. The van der Waals surface area contributed by atoms with Crippen molar-refractivity contribution >= 4 is 5.97 Å². The quantitative estimate of drug-likeness (QED) is 0.159. The van der Waals surface area contributed by atoms with E-state index in [2.05, 4.69) is 0 Å². The molecule has 0 saturated carbocycles. The summed E-state index contributed by atoms with van der Waals surface area (Å²) in [4.78, 5) is 13.1. The van der Waals surface area contributed by atoms with E-state index in [-0.39, 0.29) is 24.9 Å². The van der Waals surface area contributed by atoms with Crippen molar-refractivity contribution in [1.29, 1.82) is 0 Å². The molecule has 0 amide bonds. The Bertz CT molecular complexity index is 1040. The van der Waals surface area contributed by atoms with Crippen molar-refractivity contribution < 1.29 is 43.1 Å². The molecule has 0 fully saturated rings. The van der Waals surface area contributed by atoms with Crippen LogP contribution < -0.4 is 9.47 Å². The van der Waals surface area contributed by atoms with Crippen LogP contribution >= 0.6 is 0 Å². The average Bonchev–Trinajstić information content (AvgIpc) is 2.96. The van der Waals surface area contributed by atoms with Crippen LogP contribution in [0.1, 0.15) is 28.9 Å². The van der Waals surface area contributed by atoms with E-state index in [0.29, 0.717) is 32.2 Å². The lowest BCUT2D eigenvalue weighted by Gasteiger charge is -2.21. The van der Waals surface area contributed by atoms with Crippen LogP contribution in [0.5, 0.6) is 11.5 Å². The molecule has 0 bridgehead atoms. The SMILES string of the molecule is COCCOCOc1ccc(C(O)C(=O)OC(c2ccccc2)c2ccccc2)cc1OCOCCOC. The van der Waals surface area contributed by atoms with E-state index in [1.165, 1.54) is 6.07 Å². The molecule has 0 radical (unpaired) electrons. The van der Waals surface area contributed by atoms with Gasteiger partial charge in [-0.05, 0) is 28.8 Å². The predicted octanol–water partition coefficient (Wildman–Crippen LogP) is 4.05. The highest BCUT2D eigenvalue weighted by Crippen LogP contribution is 2.33. The van der Waals surface area contributed by atoms with Gasteiger partial charge in [-0.15, -0.1) is 0 Å². The zero-order valence-corrected chi connectivity index (χ0v) is 21.6. The predicted molar refractivity (Wildman–Crippen MR) is 139 cm³/mol. The van der Waals surface area contributed by atoms with Crippen LogP contribution in [-0.4, -0.2) is 65.3 Å². The van der Waals surface area contributed by atoms with Crippen LogP contribution in [0.4, 0.5) is 0 Å². The van der Waals surface area contributed by atoms with Crippen LogP contribution in [0.15, 0.2) is 78.9 Å². The fourth-order valence-corrected chi connectivity index (χ4v) is 3.44. The summed E-state index contributed by atoms with van der Waals surface area (Å²) < 4.78 is 37.8. The molecule has 0 aliphatic carbocycles. The van der Waals surface area contributed by atoms with E-state index < -0.39 is 18.2 Å². The largest absolute Gasteiger partial charge is 0.464 e. The maximum Gasteiger partial charge on any atom is 0.340 e. The summed E-state index contributed by atoms with van der Waals surface area (Å²) in [6.45, 7) is 1.42. The monoisotopic (exact) mass is 526 g/mol. The molecule has 38 heavy (non-hydrogen) atoms. The third-order valence-electron chi connectivity index (χ3n) is 5.40. The summed E-state index contributed by atoms with van der Waals surface area (Å²) in [6.07, 6.45) is -2.25. The second-order valence-electron chi connectivity index (χ2n) is 8.07. The van der Waals surface area contributed by atoms with E-state index >= 15 is 0 Å². The van der Waals surface area contributed by atoms with E-state index in [0.717, 1.165) is 11.1 Å². The molecule has 0 aliphatic heterocycles. The minimum absolute atomic E-state index is 0.0377. The van der Waals surface area contributed by atoms with Gasteiger partial charge >= 0.3 is 5.97 Å². The standard InChI is InChI=1S/C29H34O9/c1-32-15-17-34-20-36-25-14-13-24(19-26(25)37-21-35-18-16-33-2)27(30)29(31)38-28(22-9-5-3-6-10-22)23-11-7-4-8-12-23/h3-14,19,27-28,30H,15-18,20-21H2,1-2H3. The van der Waals surface area contributed by atoms with Crippen molar-refractivity contribution in [3.05, 3.63) is 95.6 Å². The van der Waals surface area contributed by atoms with E-state index in [1.807, 2.05) is 60.7 Å². The first kappa shape index (κ1) is 29.1. The summed E-state index contributed by atoms with van der Waals surface area (Å²) in [6, 6.07) is 23.4. The number of rotatable bonds is 17. The maximum absolute atomic E-state index is 13.1. The number of aliphatic hydroxyl groups excluding tert-OH is 1. The number of hydrogen-bond donors (Lipinski definition) is 1. The van der Waals surface area contributed by atoms with Crippen molar-refractivity contribution in [2.24, 2.45) is 0 Å². The minimum atomic E-state index is -1.56. The van der Waals surface area contributed by atoms with E-state index in [1.54, 1.807) is 26.4 Å². The number of carbonyl (C=O) groups is 1. The first-order chi connectivity index (χ1) is 18.6. The Morgan fingerprint density at radius 3 is 1.74 bits per heavy atom. The molecule has 0 aliphatic rings. The van der Waals surface area contributed by atoms with Gasteiger partial charge in [-0.3, -0.25) is 0 Å². The Balaban J connectivity index is 1.74. The Labute approximate surface area is 222 Å². The number of carbonyl (C=O) groups excluding carboxylic acids is 1. The molecule has 3 aromatic rings. The molecule has 3 rings (SSSR count). The molecule has 0 saturated heterocycles. The zero-order chi connectivity index (χ0) is 27.0.